The summed E-state index contributed by atoms with van der Waals surface area (Å²) in [5.74, 6) is 2.46. The molecule has 6 rings (SSSR count). The molecule has 1 unspecified atom stereocenters. The Morgan fingerprint density at radius 1 is 1.15 bits per heavy atom. The predicted molar refractivity (Wildman–Crippen MR) is 128 cm³/mol. The van der Waals surface area contributed by atoms with Crippen molar-refractivity contribution >= 4 is 5.78 Å². The highest BCUT2D eigenvalue weighted by Gasteiger charge is 2.56. The molecule has 1 aliphatic heterocycles. The monoisotopic (exact) mass is 443 g/mol. The highest BCUT2D eigenvalue weighted by atomic mass is 16.5. The van der Waals surface area contributed by atoms with Crippen LogP contribution >= 0.6 is 0 Å². The summed E-state index contributed by atoms with van der Waals surface area (Å²) in [4.78, 5) is 15.1. The van der Waals surface area contributed by atoms with Crippen molar-refractivity contribution in [1.29, 1.82) is 0 Å². The third-order valence-electron chi connectivity index (χ3n) is 8.65. The smallest absolute Gasteiger partial charge is 0.159 e. The molecule has 2 fully saturated rings. The van der Waals surface area contributed by atoms with Crippen LogP contribution in [0.3, 0.4) is 0 Å². The lowest BCUT2D eigenvalue weighted by Gasteiger charge is -2.59. The van der Waals surface area contributed by atoms with Crippen LogP contribution in [0.2, 0.25) is 0 Å². The van der Waals surface area contributed by atoms with Gasteiger partial charge in [-0.05, 0) is 86.2 Å². The van der Waals surface area contributed by atoms with E-state index in [2.05, 4.69) is 35.2 Å². The van der Waals surface area contributed by atoms with Crippen molar-refractivity contribution in [3.05, 3.63) is 76.6 Å². The van der Waals surface area contributed by atoms with Gasteiger partial charge in [0.05, 0.1) is 5.76 Å². The van der Waals surface area contributed by atoms with E-state index in [1.54, 1.807) is 6.92 Å². The molecule has 0 aromatic heterocycles. The molecule has 1 saturated heterocycles. The molecular formula is C29H33NO3. The number of benzene rings is 2. The van der Waals surface area contributed by atoms with E-state index in [1.807, 2.05) is 18.2 Å². The minimum Gasteiger partial charge on any atom is -0.512 e. The molecule has 2 bridgehead atoms. The first-order valence-electron chi connectivity index (χ1n) is 12.5. The van der Waals surface area contributed by atoms with Gasteiger partial charge in [-0.25, -0.2) is 0 Å². The molecule has 1 heterocycles. The van der Waals surface area contributed by atoms with E-state index < -0.39 is 0 Å². The van der Waals surface area contributed by atoms with Crippen LogP contribution in [0.1, 0.15) is 55.7 Å². The van der Waals surface area contributed by atoms with Gasteiger partial charge in [0, 0.05) is 30.0 Å². The number of ether oxygens (including phenoxy) is 1. The number of hydrogen-bond donors (Lipinski definition) is 1. The van der Waals surface area contributed by atoms with Crippen LogP contribution in [0.5, 0.6) is 5.75 Å². The molecule has 0 spiro atoms. The number of allylic oxidation sites excluding steroid dienone is 2. The number of carbonyl (C=O) groups excluding carboxylic acids is 1. The number of aliphatic hydroxyl groups is 1. The third kappa shape index (κ3) is 3.69. The second kappa shape index (κ2) is 8.02. The van der Waals surface area contributed by atoms with Crippen LogP contribution in [0, 0.1) is 11.8 Å². The molecular weight excluding hydrogens is 410 g/mol. The average molecular weight is 444 g/mol. The third-order valence-corrected chi connectivity index (χ3v) is 8.65. The fourth-order valence-electron chi connectivity index (χ4n) is 6.77. The first-order chi connectivity index (χ1) is 16.0. The Kier molecular flexibility index (Phi) is 5.10. The molecule has 33 heavy (non-hydrogen) atoms. The molecule has 3 aliphatic carbocycles. The quantitative estimate of drug-likeness (QED) is 0.653. The van der Waals surface area contributed by atoms with Crippen molar-refractivity contribution in [2.45, 2.75) is 63.5 Å². The average Bonchev–Trinajstić information content (AvgIpc) is 3.64. The molecule has 2 aromatic rings. The lowest BCUT2D eigenvalue weighted by atomic mass is 9.52. The Hall–Kier alpha value is -2.59. The molecule has 1 saturated carbocycles. The maximum absolute atomic E-state index is 12.3. The lowest BCUT2D eigenvalue weighted by Crippen LogP contribution is -2.61. The number of Topliss-reactive ketones (excluding diaryl/α,β-unsaturated/α-hetero) is 1. The molecule has 3 atom stereocenters. The molecule has 0 amide bonds. The van der Waals surface area contributed by atoms with E-state index in [0.717, 1.165) is 36.6 Å². The number of nitrogens with zero attached hydrogens (tertiary/aromatic N) is 1. The molecule has 4 nitrogen and oxygen atoms in total. The number of hydrogen-bond acceptors (Lipinski definition) is 4. The van der Waals surface area contributed by atoms with Gasteiger partial charge in [0.25, 0.3) is 0 Å². The van der Waals surface area contributed by atoms with Gasteiger partial charge >= 0.3 is 0 Å². The number of fused-ring (bicyclic) bond motifs is 1. The standard InChI is InChI=1S/C29H33NO3/c1-19(31)24-15-26-27-13-22-9-10-23(33-18-21-5-3-2-4-6-21)14-25(22)29(26,16-28(24)32)11-12-30(27)17-20-7-8-20/h2-6,9-10,14,20,26-27,32H,7-8,11-13,15-18H2,1H3/t26?,27-,29-/m1/s1. The molecule has 2 aromatic carbocycles. The minimum atomic E-state index is -0.104. The maximum atomic E-state index is 12.3. The van der Waals surface area contributed by atoms with Gasteiger partial charge in [0.2, 0.25) is 0 Å². The predicted octanol–water partition coefficient (Wildman–Crippen LogP) is 5.35. The normalized spacial score (nSPS) is 28.8. The zero-order chi connectivity index (χ0) is 22.6. The molecule has 4 heteroatoms. The lowest BCUT2D eigenvalue weighted by molar-refractivity contribution is -0.114. The van der Waals surface area contributed by atoms with Gasteiger partial charge in [0.1, 0.15) is 12.4 Å². The maximum Gasteiger partial charge on any atom is 0.159 e. The fraction of sp³-hybridized carbons (Fsp3) is 0.483. The number of aliphatic hydroxyl groups excluding tert-OH is 1. The summed E-state index contributed by atoms with van der Waals surface area (Å²) < 4.78 is 6.20. The van der Waals surface area contributed by atoms with Gasteiger partial charge < -0.3 is 9.84 Å². The second-order valence-electron chi connectivity index (χ2n) is 10.7. The van der Waals surface area contributed by atoms with E-state index in [-0.39, 0.29) is 11.2 Å². The highest BCUT2D eigenvalue weighted by molar-refractivity contribution is 5.94. The first kappa shape index (κ1) is 21.0. The number of likely N-dealkylation sites (tertiary alicyclic amines) is 1. The second-order valence-corrected chi connectivity index (χ2v) is 10.7. The van der Waals surface area contributed by atoms with E-state index in [1.165, 1.54) is 30.5 Å². The summed E-state index contributed by atoms with van der Waals surface area (Å²) >= 11 is 0. The van der Waals surface area contributed by atoms with Crippen LogP contribution < -0.4 is 4.74 Å². The van der Waals surface area contributed by atoms with Crippen molar-refractivity contribution in [1.82, 2.24) is 4.90 Å². The Morgan fingerprint density at radius 2 is 1.97 bits per heavy atom. The van der Waals surface area contributed by atoms with Gasteiger partial charge in [-0.2, -0.15) is 0 Å². The SMILES string of the molecule is CC(=O)C1=C(O)C[C@]23CCN(CC4CC4)[C@H](Cc4ccc(OCc5ccccc5)cc42)C3C1. The van der Waals surface area contributed by atoms with Crippen molar-refractivity contribution in [3.63, 3.8) is 0 Å². The van der Waals surface area contributed by atoms with Gasteiger partial charge in [-0.3, -0.25) is 9.69 Å². The summed E-state index contributed by atoms with van der Waals surface area (Å²) in [5, 5.41) is 11.0. The number of carbonyl (C=O) groups is 1. The van der Waals surface area contributed by atoms with E-state index >= 15 is 0 Å². The van der Waals surface area contributed by atoms with Crippen molar-refractivity contribution in [2.24, 2.45) is 11.8 Å². The molecule has 0 radical (unpaired) electrons. The van der Waals surface area contributed by atoms with Crippen molar-refractivity contribution < 1.29 is 14.6 Å². The van der Waals surface area contributed by atoms with Gasteiger partial charge in [0.15, 0.2) is 5.78 Å². The summed E-state index contributed by atoms with van der Waals surface area (Å²) in [6, 6.07) is 17.3. The minimum absolute atomic E-state index is 0.0277. The first-order valence-corrected chi connectivity index (χ1v) is 12.5. The Labute approximate surface area is 196 Å². The summed E-state index contributed by atoms with van der Waals surface area (Å²) in [6.45, 7) is 4.42. The summed E-state index contributed by atoms with van der Waals surface area (Å²) in [6.07, 6.45) is 6.05. The Morgan fingerprint density at radius 3 is 2.73 bits per heavy atom. The Bertz CT molecular complexity index is 1100. The van der Waals surface area contributed by atoms with Crippen LogP contribution in [-0.4, -0.2) is 34.9 Å². The largest absolute Gasteiger partial charge is 0.512 e. The fourth-order valence-corrected chi connectivity index (χ4v) is 6.77. The van der Waals surface area contributed by atoms with E-state index in [0.29, 0.717) is 42.7 Å². The summed E-state index contributed by atoms with van der Waals surface area (Å²) in [5.41, 5.74) is 4.45. The van der Waals surface area contributed by atoms with Crippen LogP contribution in [-0.2, 0) is 23.2 Å². The molecule has 1 N–H and O–H groups in total. The summed E-state index contributed by atoms with van der Waals surface area (Å²) in [7, 11) is 0. The van der Waals surface area contributed by atoms with E-state index in [4.69, 9.17) is 4.74 Å². The molecule has 172 valence electrons. The number of ketones is 1. The zero-order valence-electron chi connectivity index (χ0n) is 19.4. The Balaban J connectivity index is 1.36. The van der Waals surface area contributed by atoms with Crippen LogP contribution in [0.15, 0.2) is 59.9 Å². The van der Waals surface area contributed by atoms with Gasteiger partial charge in [-0.15, -0.1) is 0 Å². The van der Waals surface area contributed by atoms with Crippen molar-refractivity contribution in [2.75, 3.05) is 13.1 Å². The van der Waals surface area contributed by atoms with Gasteiger partial charge in [-0.1, -0.05) is 36.4 Å². The molecule has 4 aliphatic rings. The number of piperidine rings is 1. The highest BCUT2D eigenvalue weighted by Crippen LogP contribution is 2.57. The topological polar surface area (TPSA) is 49.8 Å². The van der Waals surface area contributed by atoms with E-state index in [9.17, 15) is 9.90 Å². The van der Waals surface area contributed by atoms with Crippen molar-refractivity contribution in [3.8, 4) is 5.75 Å². The van der Waals surface area contributed by atoms with Crippen LogP contribution in [0.4, 0.5) is 0 Å². The number of rotatable bonds is 6. The van der Waals surface area contributed by atoms with Crippen LogP contribution in [0.25, 0.3) is 0 Å². The zero-order valence-corrected chi connectivity index (χ0v) is 19.4.